The first kappa shape index (κ1) is 28.3. The van der Waals surface area contributed by atoms with Crippen molar-refractivity contribution in [1.29, 1.82) is 0 Å². The molecule has 1 aliphatic carbocycles. The second kappa shape index (κ2) is 10.6. The highest BCUT2D eigenvalue weighted by molar-refractivity contribution is 6.31. The number of nitrogens with one attached hydrogen (secondary N) is 1. The number of amides is 1. The number of halogens is 3. The number of carboxylic acid groups (broad SMARTS) is 1. The maximum atomic E-state index is 16.1. The lowest BCUT2D eigenvalue weighted by atomic mass is 9.73. The van der Waals surface area contributed by atoms with E-state index in [4.69, 9.17) is 28.2 Å². The lowest BCUT2D eigenvalue weighted by Crippen LogP contribution is -2.56. The number of carbonyl (C=O) groups excluding carboxylic acids is 1. The van der Waals surface area contributed by atoms with Crippen molar-refractivity contribution >= 4 is 51.8 Å². The Balaban J connectivity index is 1.41. The number of imidazole rings is 1. The summed E-state index contributed by atoms with van der Waals surface area (Å²) in [5.74, 6) is -1.34. The summed E-state index contributed by atoms with van der Waals surface area (Å²) < 4.78 is 18.2. The standard InChI is InChI=1S/C33H31Cl2FN4O3/c1-33(32(43)37-21-5-2-4-20(34)16-21)29(22-6-3-7-23(35)30(22)36)28-26(40(33)17-18-8-9-18)12-13-39-25-11-10-19(15-27(41)42)14-24(25)38-31(28)39/h2-7,10-11,14,16,18,26,28-29H,8-9,12-13,15,17H2,1H3,(H,37,43)(H,41,42)/t26-,28+,29-,33+/m0/s1. The molecule has 3 aliphatic rings. The monoisotopic (exact) mass is 620 g/mol. The molecule has 1 saturated heterocycles. The number of aliphatic carboxylic acids is 1. The second-order valence-electron chi connectivity index (χ2n) is 12.2. The molecule has 3 heterocycles. The first-order valence-corrected chi connectivity index (χ1v) is 15.4. The van der Waals surface area contributed by atoms with Gasteiger partial charge in [-0.15, -0.1) is 0 Å². The number of carbonyl (C=O) groups is 2. The van der Waals surface area contributed by atoms with Crippen molar-refractivity contribution < 1.29 is 19.1 Å². The van der Waals surface area contributed by atoms with E-state index in [2.05, 4.69) is 14.8 Å². The Morgan fingerprint density at radius 3 is 2.63 bits per heavy atom. The van der Waals surface area contributed by atoms with Crippen LogP contribution < -0.4 is 5.32 Å². The van der Waals surface area contributed by atoms with Crippen molar-refractivity contribution in [1.82, 2.24) is 14.5 Å². The van der Waals surface area contributed by atoms with E-state index in [1.807, 2.05) is 25.1 Å². The number of fused-ring (bicyclic) bond motifs is 5. The molecule has 0 unspecified atom stereocenters. The predicted octanol–water partition coefficient (Wildman–Crippen LogP) is 6.87. The summed E-state index contributed by atoms with van der Waals surface area (Å²) in [6.07, 6.45) is 2.85. The Kier molecular flexibility index (Phi) is 6.99. The summed E-state index contributed by atoms with van der Waals surface area (Å²) in [6, 6.07) is 17.5. The van der Waals surface area contributed by atoms with Gasteiger partial charge in [0.05, 0.1) is 22.5 Å². The quantitative estimate of drug-likeness (QED) is 0.235. The fraction of sp³-hybridized carbons (Fsp3) is 0.364. The summed E-state index contributed by atoms with van der Waals surface area (Å²) in [6.45, 7) is 3.34. The van der Waals surface area contributed by atoms with Gasteiger partial charge < -0.3 is 15.0 Å². The van der Waals surface area contributed by atoms with Crippen LogP contribution in [0.2, 0.25) is 10.0 Å². The molecule has 4 aromatic rings. The van der Waals surface area contributed by atoms with Crippen LogP contribution in [-0.4, -0.2) is 49.6 Å². The Bertz CT molecular complexity index is 1770. The first-order chi connectivity index (χ1) is 20.6. The largest absolute Gasteiger partial charge is 0.481 e. The number of hydrogen-bond acceptors (Lipinski definition) is 4. The molecule has 1 amide bonds. The molecule has 0 bridgehead atoms. The number of carboxylic acids is 1. The summed E-state index contributed by atoms with van der Waals surface area (Å²) >= 11 is 12.6. The van der Waals surface area contributed by atoms with Gasteiger partial charge in [0.1, 0.15) is 17.2 Å². The molecule has 7 rings (SSSR count). The van der Waals surface area contributed by atoms with Crippen molar-refractivity contribution in [3.05, 3.63) is 93.5 Å². The van der Waals surface area contributed by atoms with Crippen LogP contribution in [0.15, 0.2) is 60.7 Å². The molecule has 7 nitrogen and oxygen atoms in total. The SMILES string of the molecule is C[C@]1(C(=O)Nc2cccc(Cl)c2)[C@@H](c2cccc(Cl)c2F)[C@@H]2c3nc4cc(CC(=O)O)ccc4n3CC[C@@H]2N1CC1CC1. The van der Waals surface area contributed by atoms with Crippen LogP contribution in [0.25, 0.3) is 11.0 Å². The molecule has 10 heteroatoms. The lowest BCUT2D eigenvalue weighted by Gasteiger charge is -2.40. The number of rotatable bonds is 7. The average molecular weight is 622 g/mol. The van der Waals surface area contributed by atoms with Gasteiger partial charge in [-0.2, -0.15) is 0 Å². The van der Waals surface area contributed by atoms with Gasteiger partial charge >= 0.3 is 5.97 Å². The minimum absolute atomic E-state index is 0.00918. The molecule has 1 saturated carbocycles. The van der Waals surface area contributed by atoms with Crippen LogP contribution in [-0.2, 0) is 22.6 Å². The highest BCUT2D eigenvalue weighted by atomic mass is 35.5. The summed E-state index contributed by atoms with van der Waals surface area (Å²) in [5.41, 5.74) is 2.08. The zero-order valence-corrected chi connectivity index (χ0v) is 25.1. The molecular weight excluding hydrogens is 590 g/mol. The maximum Gasteiger partial charge on any atom is 0.307 e. The minimum atomic E-state index is -1.15. The molecule has 4 atom stereocenters. The fourth-order valence-electron chi connectivity index (χ4n) is 7.43. The van der Waals surface area contributed by atoms with Gasteiger partial charge in [0.15, 0.2) is 0 Å². The van der Waals surface area contributed by atoms with Crippen molar-refractivity contribution in [2.45, 2.75) is 62.6 Å². The number of hydrogen-bond donors (Lipinski definition) is 2. The number of nitrogens with zero attached hydrogens (tertiary/aromatic N) is 3. The van der Waals surface area contributed by atoms with Crippen LogP contribution in [0.5, 0.6) is 0 Å². The van der Waals surface area contributed by atoms with Crippen LogP contribution in [0.4, 0.5) is 10.1 Å². The van der Waals surface area contributed by atoms with Crippen molar-refractivity contribution in [3.63, 3.8) is 0 Å². The van der Waals surface area contributed by atoms with E-state index in [0.29, 0.717) is 39.8 Å². The summed E-state index contributed by atoms with van der Waals surface area (Å²) in [7, 11) is 0. The van der Waals surface area contributed by atoms with Gasteiger partial charge in [0, 0.05) is 41.7 Å². The van der Waals surface area contributed by atoms with Gasteiger partial charge in [-0.3, -0.25) is 14.5 Å². The van der Waals surface area contributed by atoms with E-state index in [1.165, 1.54) is 6.07 Å². The van der Waals surface area contributed by atoms with E-state index in [-0.39, 0.29) is 29.3 Å². The summed E-state index contributed by atoms with van der Waals surface area (Å²) in [4.78, 5) is 33.4. The second-order valence-corrected chi connectivity index (χ2v) is 13.1. The molecule has 43 heavy (non-hydrogen) atoms. The Morgan fingerprint density at radius 1 is 1.09 bits per heavy atom. The number of benzene rings is 3. The minimum Gasteiger partial charge on any atom is -0.481 e. The number of anilines is 1. The van der Waals surface area contributed by atoms with Crippen LogP contribution in [0, 0.1) is 11.7 Å². The smallest absolute Gasteiger partial charge is 0.307 e. The Hall–Kier alpha value is -3.46. The van der Waals surface area contributed by atoms with E-state index < -0.39 is 23.2 Å². The van der Waals surface area contributed by atoms with E-state index >= 15 is 4.39 Å². The van der Waals surface area contributed by atoms with E-state index in [0.717, 1.165) is 37.1 Å². The molecular formula is C33H31Cl2FN4O3. The topological polar surface area (TPSA) is 87.5 Å². The molecule has 1 aromatic heterocycles. The van der Waals surface area contributed by atoms with Gasteiger partial charge in [0.2, 0.25) is 5.91 Å². The molecule has 0 spiro atoms. The van der Waals surface area contributed by atoms with E-state index in [9.17, 15) is 14.7 Å². The summed E-state index contributed by atoms with van der Waals surface area (Å²) in [5, 5.41) is 13.0. The highest BCUT2D eigenvalue weighted by Crippen LogP contribution is 2.58. The van der Waals surface area contributed by atoms with Crippen LogP contribution in [0.3, 0.4) is 0 Å². The molecule has 222 valence electrons. The van der Waals surface area contributed by atoms with Gasteiger partial charge in [-0.1, -0.05) is 47.5 Å². The Morgan fingerprint density at radius 2 is 1.88 bits per heavy atom. The lowest BCUT2D eigenvalue weighted by molar-refractivity contribution is -0.136. The number of aromatic nitrogens is 2. The van der Waals surface area contributed by atoms with Crippen LogP contribution >= 0.6 is 23.2 Å². The third-order valence-electron chi connectivity index (χ3n) is 9.53. The van der Waals surface area contributed by atoms with Gasteiger partial charge in [-0.25, -0.2) is 9.37 Å². The molecule has 2 N–H and O–H groups in total. The predicted molar refractivity (Wildman–Crippen MR) is 164 cm³/mol. The third-order valence-corrected chi connectivity index (χ3v) is 10.1. The van der Waals surface area contributed by atoms with Crippen molar-refractivity contribution in [2.24, 2.45) is 5.92 Å². The zero-order chi connectivity index (χ0) is 30.0. The molecule has 0 radical (unpaired) electrons. The van der Waals surface area contributed by atoms with Crippen molar-refractivity contribution in [3.8, 4) is 0 Å². The van der Waals surface area contributed by atoms with Gasteiger partial charge in [-0.05, 0) is 79.6 Å². The normalized spacial score (nSPS) is 25.0. The van der Waals surface area contributed by atoms with Crippen LogP contribution in [0.1, 0.15) is 55.0 Å². The average Bonchev–Trinajstić information content (AvgIpc) is 3.66. The Labute approximate surface area is 258 Å². The first-order valence-electron chi connectivity index (χ1n) is 14.6. The third kappa shape index (κ3) is 4.80. The fourth-order valence-corrected chi connectivity index (χ4v) is 7.80. The molecule has 2 aliphatic heterocycles. The molecule has 2 fully saturated rings. The maximum absolute atomic E-state index is 16.1. The molecule has 3 aromatic carbocycles. The highest BCUT2D eigenvalue weighted by Gasteiger charge is 2.63. The zero-order valence-electron chi connectivity index (χ0n) is 23.6. The van der Waals surface area contributed by atoms with Crippen molar-refractivity contribution in [2.75, 3.05) is 11.9 Å². The van der Waals surface area contributed by atoms with Gasteiger partial charge in [0.25, 0.3) is 0 Å². The number of likely N-dealkylation sites (tertiary alicyclic amines) is 1. The number of aryl methyl sites for hydroxylation is 1. The van der Waals surface area contributed by atoms with E-state index in [1.54, 1.807) is 36.4 Å².